The van der Waals surface area contributed by atoms with Crippen LogP contribution in [0.5, 0.6) is 0 Å². The van der Waals surface area contributed by atoms with Crippen LogP contribution in [0, 0.1) is 29.1 Å². The standard InChI is InChI=1S/C14H15N3O2/c15-7-8-3-4-16-11(5-8)17-13-10-2-1-9(6-10)12(13)14(18)19/h3-5,9-10,12-13H,1-2,6H2,(H,16,17)(H,18,19). The summed E-state index contributed by atoms with van der Waals surface area (Å²) < 4.78 is 0. The van der Waals surface area contributed by atoms with Crippen LogP contribution in [0.3, 0.4) is 0 Å². The van der Waals surface area contributed by atoms with Gasteiger partial charge in [-0.2, -0.15) is 5.26 Å². The van der Waals surface area contributed by atoms with Crippen molar-refractivity contribution in [2.24, 2.45) is 17.8 Å². The molecular weight excluding hydrogens is 242 g/mol. The lowest BCUT2D eigenvalue weighted by molar-refractivity contribution is -0.143. The largest absolute Gasteiger partial charge is 0.481 e. The van der Waals surface area contributed by atoms with Crippen LogP contribution in [0.15, 0.2) is 18.3 Å². The van der Waals surface area contributed by atoms with E-state index in [1.54, 1.807) is 18.3 Å². The normalized spacial score (nSPS) is 31.9. The first kappa shape index (κ1) is 12.0. The number of aromatic nitrogens is 1. The molecule has 2 aliphatic rings. The molecule has 0 saturated heterocycles. The Morgan fingerprint density at radius 1 is 1.47 bits per heavy atom. The Hall–Kier alpha value is -2.09. The molecule has 0 amide bonds. The summed E-state index contributed by atoms with van der Waals surface area (Å²) in [5.41, 5.74) is 0.535. The summed E-state index contributed by atoms with van der Waals surface area (Å²) in [6, 6.07) is 5.32. The van der Waals surface area contributed by atoms with Gasteiger partial charge >= 0.3 is 5.97 Å². The average Bonchev–Trinajstić information content (AvgIpc) is 2.99. The third-order valence-corrected chi connectivity index (χ3v) is 4.41. The summed E-state index contributed by atoms with van der Waals surface area (Å²) in [5.74, 6) is 0.257. The number of nitriles is 1. The Bertz CT molecular complexity index is 552. The highest BCUT2D eigenvalue weighted by Gasteiger charge is 2.51. The topological polar surface area (TPSA) is 86.0 Å². The van der Waals surface area contributed by atoms with Crippen LogP contribution in [0.2, 0.25) is 0 Å². The minimum atomic E-state index is -0.721. The van der Waals surface area contributed by atoms with Gasteiger partial charge in [0.25, 0.3) is 0 Å². The van der Waals surface area contributed by atoms with E-state index in [9.17, 15) is 9.90 Å². The number of aliphatic carboxylic acids is 1. The van der Waals surface area contributed by atoms with Gasteiger partial charge in [0, 0.05) is 12.2 Å². The summed E-state index contributed by atoms with van der Waals surface area (Å²) in [6.45, 7) is 0. The molecule has 0 spiro atoms. The Morgan fingerprint density at radius 2 is 2.26 bits per heavy atom. The Morgan fingerprint density at radius 3 is 3.00 bits per heavy atom. The van der Waals surface area contributed by atoms with Gasteiger partial charge in [0.05, 0.1) is 17.6 Å². The van der Waals surface area contributed by atoms with Gasteiger partial charge in [0.1, 0.15) is 5.82 Å². The van der Waals surface area contributed by atoms with Crippen molar-refractivity contribution in [1.82, 2.24) is 4.98 Å². The second kappa shape index (κ2) is 4.54. The summed E-state index contributed by atoms with van der Waals surface area (Å²) >= 11 is 0. The molecule has 1 aromatic heterocycles. The lowest BCUT2D eigenvalue weighted by Gasteiger charge is -2.29. The molecule has 2 N–H and O–H groups in total. The van der Waals surface area contributed by atoms with Crippen molar-refractivity contribution >= 4 is 11.8 Å². The van der Waals surface area contributed by atoms with Gasteiger partial charge in [-0.25, -0.2) is 4.98 Å². The van der Waals surface area contributed by atoms with Gasteiger partial charge in [0.15, 0.2) is 0 Å². The van der Waals surface area contributed by atoms with E-state index in [0.29, 0.717) is 23.2 Å². The first-order chi connectivity index (χ1) is 9.19. The zero-order valence-electron chi connectivity index (χ0n) is 10.4. The van der Waals surface area contributed by atoms with E-state index in [4.69, 9.17) is 5.26 Å². The Balaban J connectivity index is 1.82. The van der Waals surface area contributed by atoms with Crippen molar-refractivity contribution in [2.45, 2.75) is 25.3 Å². The lowest BCUT2D eigenvalue weighted by atomic mass is 9.84. The average molecular weight is 257 g/mol. The molecule has 0 aromatic carbocycles. The highest BCUT2D eigenvalue weighted by atomic mass is 16.4. The smallest absolute Gasteiger partial charge is 0.308 e. The van der Waals surface area contributed by atoms with Gasteiger partial charge in [-0.3, -0.25) is 4.79 Å². The van der Waals surface area contributed by atoms with Crippen molar-refractivity contribution in [3.8, 4) is 6.07 Å². The molecule has 1 aromatic rings. The van der Waals surface area contributed by atoms with Crippen molar-refractivity contribution in [3.63, 3.8) is 0 Å². The first-order valence-electron chi connectivity index (χ1n) is 6.54. The van der Waals surface area contributed by atoms with Crippen LogP contribution < -0.4 is 5.32 Å². The second-order valence-corrected chi connectivity index (χ2v) is 5.41. The van der Waals surface area contributed by atoms with Crippen LogP contribution >= 0.6 is 0 Å². The fraction of sp³-hybridized carbons (Fsp3) is 0.500. The summed E-state index contributed by atoms with van der Waals surface area (Å²) in [7, 11) is 0. The minimum absolute atomic E-state index is 0.0577. The molecular formula is C14H15N3O2. The first-order valence-corrected chi connectivity index (χ1v) is 6.54. The van der Waals surface area contributed by atoms with Crippen LogP contribution in [0.4, 0.5) is 5.82 Å². The molecule has 1 heterocycles. The number of pyridine rings is 1. The van der Waals surface area contributed by atoms with E-state index in [0.717, 1.165) is 19.3 Å². The maximum atomic E-state index is 11.4. The molecule has 5 heteroatoms. The van der Waals surface area contributed by atoms with E-state index in [1.807, 2.05) is 0 Å². The monoisotopic (exact) mass is 257 g/mol. The van der Waals surface area contributed by atoms with Gasteiger partial charge < -0.3 is 10.4 Å². The van der Waals surface area contributed by atoms with E-state index < -0.39 is 5.97 Å². The van der Waals surface area contributed by atoms with Gasteiger partial charge in [-0.05, 0) is 43.2 Å². The SMILES string of the molecule is N#Cc1ccnc(NC2C3CCC(C3)C2C(=O)O)c1. The summed E-state index contributed by atoms with van der Waals surface area (Å²) in [5, 5.41) is 21.5. The molecule has 3 rings (SSSR count). The number of nitrogens with one attached hydrogen (secondary N) is 1. The number of carboxylic acid groups (broad SMARTS) is 1. The molecule has 2 bridgehead atoms. The molecule has 0 aliphatic heterocycles. The summed E-state index contributed by atoms with van der Waals surface area (Å²) in [6.07, 6.45) is 4.67. The fourth-order valence-corrected chi connectivity index (χ4v) is 3.60. The molecule has 5 nitrogen and oxygen atoms in total. The quantitative estimate of drug-likeness (QED) is 0.863. The van der Waals surface area contributed by atoms with Crippen molar-refractivity contribution in [2.75, 3.05) is 5.32 Å². The van der Waals surface area contributed by atoms with Gasteiger partial charge in [-0.15, -0.1) is 0 Å². The van der Waals surface area contributed by atoms with Crippen molar-refractivity contribution < 1.29 is 9.90 Å². The predicted octanol–water partition coefficient (Wildman–Crippen LogP) is 1.86. The zero-order valence-corrected chi connectivity index (χ0v) is 10.4. The molecule has 2 saturated carbocycles. The van der Waals surface area contributed by atoms with Gasteiger partial charge in [-0.1, -0.05) is 0 Å². The third kappa shape index (κ3) is 2.03. The van der Waals surface area contributed by atoms with E-state index in [1.165, 1.54) is 0 Å². The highest BCUT2D eigenvalue weighted by Crippen LogP contribution is 2.49. The molecule has 2 aliphatic carbocycles. The lowest BCUT2D eigenvalue weighted by Crippen LogP contribution is -2.39. The molecule has 98 valence electrons. The fourth-order valence-electron chi connectivity index (χ4n) is 3.60. The predicted molar refractivity (Wildman–Crippen MR) is 68.3 cm³/mol. The van der Waals surface area contributed by atoms with Crippen LogP contribution in [0.1, 0.15) is 24.8 Å². The van der Waals surface area contributed by atoms with Crippen molar-refractivity contribution in [3.05, 3.63) is 23.9 Å². The summed E-state index contributed by atoms with van der Waals surface area (Å²) in [4.78, 5) is 15.6. The molecule has 2 fully saturated rings. The van der Waals surface area contributed by atoms with E-state index in [2.05, 4.69) is 16.4 Å². The molecule has 4 unspecified atom stereocenters. The van der Waals surface area contributed by atoms with Crippen LogP contribution in [-0.4, -0.2) is 22.1 Å². The number of hydrogen-bond donors (Lipinski definition) is 2. The number of nitrogens with zero attached hydrogens (tertiary/aromatic N) is 2. The number of hydrogen-bond acceptors (Lipinski definition) is 4. The van der Waals surface area contributed by atoms with Crippen LogP contribution in [0.25, 0.3) is 0 Å². The number of rotatable bonds is 3. The number of anilines is 1. The van der Waals surface area contributed by atoms with Gasteiger partial charge in [0.2, 0.25) is 0 Å². The molecule has 4 atom stereocenters. The van der Waals surface area contributed by atoms with Crippen LogP contribution in [-0.2, 0) is 4.79 Å². The zero-order chi connectivity index (χ0) is 13.4. The maximum Gasteiger partial charge on any atom is 0.308 e. The molecule has 19 heavy (non-hydrogen) atoms. The Kier molecular flexibility index (Phi) is 2.86. The Labute approximate surface area is 111 Å². The third-order valence-electron chi connectivity index (χ3n) is 4.41. The number of carboxylic acids is 1. The second-order valence-electron chi connectivity index (χ2n) is 5.41. The van der Waals surface area contributed by atoms with Crippen molar-refractivity contribution in [1.29, 1.82) is 5.26 Å². The maximum absolute atomic E-state index is 11.4. The van der Waals surface area contributed by atoms with E-state index in [-0.39, 0.29) is 12.0 Å². The number of fused-ring (bicyclic) bond motifs is 2. The highest BCUT2D eigenvalue weighted by molar-refractivity contribution is 5.73. The molecule has 0 radical (unpaired) electrons. The number of carbonyl (C=O) groups is 1. The minimum Gasteiger partial charge on any atom is -0.481 e. The van der Waals surface area contributed by atoms with E-state index >= 15 is 0 Å².